The molecule has 1 rings (SSSR count). The van der Waals surface area contributed by atoms with Crippen LogP contribution < -0.4 is 0 Å². The van der Waals surface area contributed by atoms with E-state index in [9.17, 15) is 9.59 Å². The molecule has 3 nitrogen and oxygen atoms in total. The first-order valence-corrected chi connectivity index (χ1v) is 9.86. The van der Waals surface area contributed by atoms with E-state index in [1.54, 1.807) is 0 Å². The van der Waals surface area contributed by atoms with Crippen molar-refractivity contribution in [3.05, 3.63) is 35.9 Å². The van der Waals surface area contributed by atoms with Gasteiger partial charge in [0.25, 0.3) is 0 Å². The SMILES string of the molecule is O=C(O)CCC(=O)[C@H](Br)[C@H](Br)[C@@H](Br)[C@@H](Br)c1ccccc1. The summed E-state index contributed by atoms with van der Waals surface area (Å²) in [6, 6.07) is 9.86. The second kappa shape index (κ2) is 9.43. The molecule has 7 heteroatoms. The average Bonchev–Trinajstić information content (AvgIpc) is 2.50. The Morgan fingerprint density at radius 1 is 0.952 bits per heavy atom. The van der Waals surface area contributed by atoms with Gasteiger partial charge in [0, 0.05) is 16.1 Å². The molecule has 0 radical (unpaired) electrons. The van der Waals surface area contributed by atoms with Gasteiger partial charge in [0.15, 0.2) is 0 Å². The summed E-state index contributed by atoms with van der Waals surface area (Å²) in [5, 5.41) is 8.63. The molecule has 4 atom stereocenters. The van der Waals surface area contributed by atoms with Crippen molar-refractivity contribution in [3.63, 3.8) is 0 Å². The number of aliphatic carboxylic acids is 1. The number of benzene rings is 1. The van der Waals surface area contributed by atoms with Crippen molar-refractivity contribution in [1.82, 2.24) is 0 Å². The van der Waals surface area contributed by atoms with Crippen molar-refractivity contribution in [2.45, 2.75) is 32.2 Å². The Hall–Kier alpha value is 0.280. The van der Waals surface area contributed by atoms with Gasteiger partial charge >= 0.3 is 5.97 Å². The summed E-state index contributed by atoms with van der Waals surface area (Å²) in [4.78, 5) is 21.9. The third kappa shape index (κ3) is 6.12. The molecular formula is C14H14Br4O3. The van der Waals surface area contributed by atoms with Crippen LogP contribution in [0.3, 0.4) is 0 Å². The van der Waals surface area contributed by atoms with E-state index in [4.69, 9.17) is 5.11 Å². The maximum Gasteiger partial charge on any atom is 0.303 e. The van der Waals surface area contributed by atoms with Gasteiger partial charge in [0.1, 0.15) is 5.78 Å². The van der Waals surface area contributed by atoms with Gasteiger partial charge in [0.05, 0.1) is 16.1 Å². The van der Waals surface area contributed by atoms with Crippen LogP contribution in [0.2, 0.25) is 0 Å². The summed E-state index contributed by atoms with van der Waals surface area (Å²) in [6.07, 6.45) is -0.130. The standard InChI is InChI=1S/C14H14Br4O3/c15-11(8-4-2-1-3-5-8)13(17)14(18)12(16)9(19)6-7-10(20)21/h1-5,11-14H,6-7H2,(H,20,21)/t11-,12-,13-,14-/m0/s1. The van der Waals surface area contributed by atoms with Gasteiger partial charge in [-0.2, -0.15) is 0 Å². The molecule has 1 aromatic rings. The van der Waals surface area contributed by atoms with Crippen LogP contribution in [0.25, 0.3) is 0 Å². The summed E-state index contributed by atoms with van der Waals surface area (Å²) in [6.45, 7) is 0. The third-order valence-electron chi connectivity index (χ3n) is 2.87. The minimum absolute atomic E-state index is 0.0192. The molecule has 0 aliphatic heterocycles. The van der Waals surface area contributed by atoms with Gasteiger partial charge < -0.3 is 5.11 Å². The smallest absolute Gasteiger partial charge is 0.303 e. The summed E-state index contributed by atoms with van der Waals surface area (Å²) in [5.41, 5.74) is 1.10. The van der Waals surface area contributed by atoms with Crippen LogP contribution >= 0.6 is 63.7 Å². The maximum absolute atomic E-state index is 12.0. The number of carbonyl (C=O) groups excluding carboxylic acids is 1. The molecule has 0 saturated carbocycles. The molecule has 0 saturated heterocycles. The van der Waals surface area contributed by atoms with Crippen LogP contribution in [0.5, 0.6) is 0 Å². The fourth-order valence-corrected chi connectivity index (χ4v) is 4.91. The van der Waals surface area contributed by atoms with Crippen LogP contribution in [0.4, 0.5) is 0 Å². The second-order valence-corrected chi connectivity index (χ2v) is 8.55. The summed E-state index contributed by atoms with van der Waals surface area (Å²) < 4.78 is 0. The van der Waals surface area contributed by atoms with Crippen LogP contribution in [-0.2, 0) is 9.59 Å². The minimum atomic E-state index is -0.966. The van der Waals surface area contributed by atoms with Crippen LogP contribution in [0.15, 0.2) is 30.3 Å². The van der Waals surface area contributed by atoms with Crippen LogP contribution in [-0.4, -0.2) is 31.3 Å². The zero-order chi connectivity index (χ0) is 16.0. The molecule has 21 heavy (non-hydrogen) atoms. The van der Waals surface area contributed by atoms with Crippen molar-refractivity contribution in [2.75, 3.05) is 0 Å². The first-order valence-electron chi connectivity index (χ1n) is 6.20. The Morgan fingerprint density at radius 2 is 1.52 bits per heavy atom. The maximum atomic E-state index is 12.0. The summed E-state index contributed by atoms with van der Waals surface area (Å²) >= 11 is 14.1. The predicted molar refractivity (Wildman–Crippen MR) is 98.1 cm³/mol. The minimum Gasteiger partial charge on any atom is -0.481 e. The van der Waals surface area contributed by atoms with E-state index < -0.39 is 10.8 Å². The van der Waals surface area contributed by atoms with E-state index in [2.05, 4.69) is 63.7 Å². The number of halogens is 4. The van der Waals surface area contributed by atoms with Crippen molar-refractivity contribution >= 4 is 75.5 Å². The average molecular weight is 550 g/mol. The van der Waals surface area contributed by atoms with E-state index in [0.717, 1.165) is 5.56 Å². The molecule has 0 spiro atoms. The number of ketones is 1. The largest absolute Gasteiger partial charge is 0.481 e. The lowest BCUT2D eigenvalue weighted by Crippen LogP contribution is -2.33. The molecule has 0 aliphatic rings. The highest BCUT2D eigenvalue weighted by molar-refractivity contribution is 9.14. The van der Waals surface area contributed by atoms with Gasteiger partial charge in [-0.3, -0.25) is 9.59 Å². The van der Waals surface area contributed by atoms with Crippen LogP contribution in [0, 0.1) is 0 Å². The van der Waals surface area contributed by atoms with Crippen LogP contribution in [0.1, 0.15) is 23.2 Å². The Bertz CT molecular complexity index is 480. The lowest BCUT2D eigenvalue weighted by Gasteiger charge is -2.25. The van der Waals surface area contributed by atoms with Gasteiger partial charge in [-0.15, -0.1) is 0 Å². The first-order chi connectivity index (χ1) is 9.84. The summed E-state index contributed by atoms with van der Waals surface area (Å²) in [7, 11) is 0. The van der Waals surface area contributed by atoms with E-state index in [1.807, 2.05) is 30.3 Å². The highest BCUT2D eigenvalue weighted by Crippen LogP contribution is 2.38. The Balaban J connectivity index is 2.66. The van der Waals surface area contributed by atoms with Crippen molar-refractivity contribution < 1.29 is 14.7 Å². The molecule has 0 fully saturated rings. The number of Topliss-reactive ketones (excluding diaryl/α,β-unsaturated/α-hetero) is 1. The Kier molecular flexibility index (Phi) is 8.67. The van der Waals surface area contributed by atoms with Gasteiger partial charge in [-0.1, -0.05) is 94.1 Å². The zero-order valence-electron chi connectivity index (χ0n) is 10.9. The molecule has 0 amide bonds. The predicted octanol–water partition coefficient (Wildman–Crippen LogP) is 4.85. The number of carboxylic acid groups (broad SMARTS) is 1. The Morgan fingerprint density at radius 3 is 2.05 bits per heavy atom. The molecule has 116 valence electrons. The molecule has 0 unspecified atom stereocenters. The first kappa shape index (κ1) is 19.3. The second-order valence-electron chi connectivity index (χ2n) is 4.46. The highest BCUT2D eigenvalue weighted by Gasteiger charge is 2.33. The molecule has 1 N–H and O–H groups in total. The van der Waals surface area contributed by atoms with Gasteiger partial charge in [-0.25, -0.2) is 0 Å². The van der Waals surface area contributed by atoms with E-state index in [0.29, 0.717) is 0 Å². The monoisotopic (exact) mass is 546 g/mol. The third-order valence-corrected chi connectivity index (χ3v) is 9.38. The molecule has 0 bridgehead atoms. The highest BCUT2D eigenvalue weighted by atomic mass is 79.9. The number of carboxylic acids is 1. The Labute approximate surface area is 157 Å². The topological polar surface area (TPSA) is 54.4 Å². The normalized spacial score (nSPS) is 16.8. The molecule has 0 aromatic heterocycles. The quantitative estimate of drug-likeness (QED) is 0.472. The summed E-state index contributed by atoms with van der Waals surface area (Å²) in [5.74, 6) is -1.09. The van der Waals surface area contributed by atoms with Crippen molar-refractivity contribution in [3.8, 4) is 0 Å². The number of hydrogen-bond donors (Lipinski definition) is 1. The van der Waals surface area contributed by atoms with E-state index in [-0.39, 0.29) is 33.1 Å². The fourth-order valence-electron chi connectivity index (χ4n) is 1.69. The van der Waals surface area contributed by atoms with E-state index in [1.165, 1.54) is 0 Å². The molecular weight excluding hydrogens is 536 g/mol. The lowest BCUT2D eigenvalue weighted by molar-refractivity contribution is -0.138. The zero-order valence-corrected chi connectivity index (χ0v) is 17.2. The van der Waals surface area contributed by atoms with Crippen molar-refractivity contribution in [1.29, 1.82) is 0 Å². The number of carbonyl (C=O) groups is 2. The van der Waals surface area contributed by atoms with Gasteiger partial charge in [0.2, 0.25) is 0 Å². The number of hydrogen-bond acceptors (Lipinski definition) is 2. The van der Waals surface area contributed by atoms with Crippen molar-refractivity contribution in [2.24, 2.45) is 0 Å². The van der Waals surface area contributed by atoms with Gasteiger partial charge in [-0.05, 0) is 5.56 Å². The molecule has 1 aromatic carbocycles. The number of rotatable bonds is 8. The molecule has 0 aliphatic carbocycles. The fraction of sp³-hybridized carbons (Fsp3) is 0.429. The molecule has 0 heterocycles. The van der Waals surface area contributed by atoms with E-state index >= 15 is 0 Å². The lowest BCUT2D eigenvalue weighted by atomic mass is 10.0. The number of alkyl halides is 4.